The number of benzene rings is 2. The molecule has 1 aliphatic carbocycles. The first kappa shape index (κ1) is 13.8. The predicted molar refractivity (Wildman–Crippen MR) is 88.8 cm³/mol. The molecule has 1 nitrogen and oxygen atoms in total. The molecule has 0 aliphatic heterocycles. The predicted octanol–water partition coefficient (Wildman–Crippen LogP) is 5.28. The Bertz CT molecular complexity index is 757. The molecule has 0 saturated carbocycles. The number of carbonyl (C=O) groups is 1. The van der Waals surface area contributed by atoms with Gasteiger partial charge >= 0.3 is 0 Å². The molecule has 2 aromatic rings. The number of hydrogen-bond acceptors (Lipinski definition) is 1. The summed E-state index contributed by atoms with van der Waals surface area (Å²) < 4.78 is 0. The van der Waals surface area contributed by atoms with Crippen LogP contribution in [-0.4, -0.2) is 6.29 Å². The second kappa shape index (κ2) is 5.00. The van der Waals surface area contributed by atoms with E-state index < -0.39 is 0 Å². The van der Waals surface area contributed by atoms with Gasteiger partial charge in [0, 0.05) is 11.5 Å². The number of fused-ring (bicyclic) bond motifs is 1. The van der Waals surface area contributed by atoms with E-state index in [1.807, 2.05) is 24.3 Å². The van der Waals surface area contributed by atoms with Gasteiger partial charge in [-0.1, -0.05) is 75.4 Å². The van der Waals surface area contributed by atoms with Crippen LogP contribution in [0.5, 0.6) is 0 Å². The van der Waals surface area contributed by atoms with Gasteiger partial charge < -0.3 is 0 Å². The van der Waals surface area contributed by atoms with E-state index in [0.29, 0.717) is 0 Å². The van der Waals surface area contributed by atoms with Crippen LogP contribution < -0.4 is 0 Å². The van der Waals surface area contributed by atoms with Gasteiger partial charge in [0.05, 0.1) is 0 Å². The Morgan fingerprint density at radius 2 is 1.81 bits per heavy atom. The van der Waals surface area contributed by atoms with Crippen molar-refractivity contribution in [3.05, 3.63) is 71.3 Å². The van der Waals surface area contributed by atoms with Gasteiger partial charge in [-0.15, -0.1) is 0 Å². The van der Waals surface area contributed by atoms with Crippen LogP contribution in [-0.2, 0) is 0 Å². The van der Waals surface area contributed by atoms with Crippen LogP contribution in [0.15, 0.2) is 60.2 Å². The van der Waals surface area contributed by atoms with Crippen molar-refractivity contribution < 1.29 is 4.79 Å². The van der Waals surface area contributed by atoms with Gasteiger partial charge in [0.2, 0.25) is 0 Å². The third kappa shape index (κ3) is 2.44. The maximum Gasteiger partial charge on any atom is 0.150 e. The largest absolute Gasteiger partial charge is 0.298 e. The highest BCUT2D eigenvalue weighted by molar-refractivity contribution is 6.00. The summed E-state index contributed by atoms with van der Waals surface area (Å²) in [4.78, 5) is 11.6. The van der Waals surface area contributed by atoms with E-state index in [1.54, 1.807) is 0 Å². The number of allylic oxidation sites excluding steroid dienone is 4. The van der Waals surface area contributed by atoms with E-state index in [9.17, 15) is 4.79 Å². The molecule has 106 valence electrons. The van der Waals surface area contributed by atoms with Gasteiger partial charge in [-0.25, -0.2) is 0 Å². The second-order valence-electron chi connectivity index (χ2n) is 6.66. The van der Waals surface area contributed by atoms with Crippen LogP contribution in [0.2, 0.25) is 0 Å². The fourth-order valence-electron chi connectivity index (χ4n) is 2.94. The zero-order chi connectivity index (χ0) is 15.0. The summed E-state index contributed by atoms with van der Waals surface area (Å²) in [5, 5.41) is 2.15. The highest BCUT2D eigenvalue weighted by Crippen LogP contribution is 2.37. The molecule has 0 amide bonds. The lowest BCUT2D eigenvalue weighted by Crippen LogP contribution is -2.06. The quantitative estimate of drug-likeness (QED) is 0.682. The van der Waals surface area contributed by atoms with Gasteiger partial charge in [-0.3, -0.25) is 4.79 Å². The van der Waals surface area contributed by atoms with Crippen LogP contribution in [0.1, 0.15) is 42.6 Å². The summed E-state index contributed by atoms with van der Waals surface area (Å²) >= 11 is 0. The molecular formula is C20H20O. The Kier molecular flexibility index (Phi) is 3.29. The lowest BCUT2D eigenvalue weighted by atomic mass is 9.86. The summed E-state index contributed by atoms with van der Waals surface area (Å²) in [7, 11) is 0. The van der Waals surface area contributed by atoms with Crippen LogP contribution in [0.25, 0.3) is 10.8 Å². The summed E-state index contributed by atoms with van der Waals surface area (Å²) in [6.45, 7) is 6.64. The molecule has 0 radical (unpaired) electrons. The minimum absolute atomic E-state index is 0.142. The van der Waals surface area contributed by atoms with Crippen LogP contribution in [0, 0.1) is 5.41 Å². The molecule has 0 N–H and O–H groups in total. The van der Waals surface area contributed by atoms with E-state index in [4.69, 9.17) is 0 Å². The average Bonchev–Trinajstić information content (AvgIpc) is 2.95. The molecule has 0 heterocycles. The molecule has 21 heavy (non-hydrogen) atoms. The van der Waals surface area contributed by atoms with E-state index in [0.717, 1.165) is 28.2 Å². The lowest BCUT2D eigenvalue weighted by molar-refractivity contribution is 0.112. The van der Waals surface area contributed by atoms with Crippen molar-refractivity contribution in [2.24, 2.45) is 5.41 Å². The Morgan fingerprint density at radius 1 is 1.05 bits per heavy atom. The highest BCUT2D eigenvalue weighted by atomic mass is 16.1. The molecule has 1 aliphatic rings. The minimum Gasteiger partial charge on any atom is -0.298 e. The van der Waals surface area contributed by atoms with E-state index in [-0.39, 0.29) is 11.3 Å². The number of rotatable bonds is 2. The molecule has 1 atom stereocenters. The zero-order valence-electron chi connectivity index (χ0n) is 12.8. The molecule has 0 aromatic heterocycles. The van der Waals surface area contributed by atoms with Gasteiger partial charge in [-0.2, -0.15) is 0 Å². The second-order valence-corrected chi connectivity index (χ2v) is 6.66. The average molecular weight is 276 g/mol. The van der Waals surface area contributed by atoms with Crippen molar-refractivity contribution in [1.29, 1.82) is 0 Å². The first-order valence-electron chi connectivity index (χ1n) is 7.38. The van der Waals surface area contributed by atoms with Gasteiger partial charge in [0.25, 0.3) is 0 Å². The molecule has 0 saturated heterocycles. The number of aldehydes is 1. The molecule has 1 heteroatoms. The van der Waals surface area contributed by atoms with Gasteiger partial charge in [0.1, 0.15) is 0 Å². The normalized spacial score (nSPS) is 18.0. The standard InChI is InChI=1S/C20H20O/c1-20(2,3)16-10-8-15(12-16)18-11-9-14-6-4-5-7-17(14)19(18)13-21/h4-13,15H,1-3H3. The van der Waals surface area contributed by atoms with Crippen LogP contribution in [0.3, 0.4) is 0 Å². The van der Waals surface area contributed by atoms with Crippen molar-refractivity contribution >= 4 is 17.1 Å². The Balaban J connectivity index is 2.13. The Morgan fingerprint density at radius 3 is 2.48 bits per heavy atom. The number of hydrogen-bond donors (Lipinski definition) is 0. The van der Waals surface area contributed by atoms with Crippen molar-refractivity contribution in [1.82, 2.24) is 0 Å². The van der Waals surface area contributed by atoms with Crippen molar-refractivity contribution in [3.8, 4) is 0 Å². The monoisotopic (exact) mass is 276 g/mol. The van der Waals surface area contributed by atoms with Crippen molar-refractivity contribution in [3.63, 3.8) is 0 Å². The maximum absolute atomic E-state index is 11.6. The lowest BCUT2D eigenvalue weighted by Gasteiger charge is -2.19. The maximum atomic E-state index is 11.6. The fraction of sp³-hybridized carbons (Fsp3) is 0.250. The molecule has 0 fully saturated rings. The zero-order valence-corrected chi connectivity index (χ0v) is 12.8. The fourth-order valence-corrected chi connectivity index (χ4v) is 2.94. The summed E-state index contributed by atoms with van der Waals surface area (Å²) in [6.07, 6.45) is 7.65. The topological polar surface area (TPSA) is 17.1 Å². The summed E-state index contributed by atoms with van der Waals surface area (Å²) in [5.41, 5.74) is 3.38. The van der Waals surface area contributed by atoms with Crippen molar-refractivity contribution in [2.45, 2.75) is 26.7 Å². The third-order valence-corrected chi connectivity index (χ3v) is 4.19. The molecule has 3 rings (SSSR count). The number of carbonyl (C=O) groups excluding carboxylic acids is 1. The SMILES string of the molecule is CC(C)(C)C1=CC(c2ccc3ccccc3c2C=O)C=C1. The highest BCUT2D eigenvalue weighted by Gasteiger charge is 2.22. The summed E-state index contributed by atoms with van der Waals surface area (Å²) in [6, 6.07) is 12.3. The smallest absolute Gasteiger partial charge is 0.150 e. The van der Waals surface area contributed by atoms with Gasteiger partial charge in [-0.05, 0) is 27.3 Å². The molecular weight excluding hydrogens is 256 g/mol. The van der Waals surface area contributed by atoms with E-state index in [2.05, 4.69) is 51.1 Å². The molecule has 2 aromatic carbocycles. The van der Waals surface area contributed by atoms with Crippen LogP contribution in [0.4, 0.5) is 0 Å². The molecule has 0 bridgehead atoms. The first-order chi connectivity index (χ1) is 10.0. The third-order valence-electron chi connectivity index (χ3n) is 4.19. The first-order valence-corrected chi connectivity index (χ1v) is 7.38. The van der Waals surface area contributed by atoms with Crippen molar-refractivity contribution in [2.75, 3.05) is 0 Å². The van der Waals surface area contributed by atoms with E-state index in [1.165, 1.54) is 5.57 Å². The molecule has 1 unspecified atom stereocenters. The summed E-state index contributed by atoms with van der Waals surface area (Å²) in [5.74, 6) is 0.198. The minimum atomic E-state index is 0.142. The van der Waals surface area contributed by atoms with Crippen LogP contribution >= 0.6 is 0 Å². The van der Waals surface area contributed by atoms with Gasteiger partial charge in [0.15, 0.2) is 6.29 Å². The Labute approximate surface area is 126 Å². The molecule has 0 spiro atoms. The van der Waals surface area contributed by atoms with E-state index >= 15 is 0 Å². The Hall–Kier alpha value is -2.15.